The van der Waals surface area contributed by atoms with Gasteiger partial charge in [-0.2, -0.15) is 0 Å². The largest absolute Gasteiger partial charge is 0.490 e. The fourth-order valence-corrected chi connectivity index (χ4v) is 2.44. The average Bonchev–Trinajstić information content (AvgIpc) is 2.55. The minimum absolute atomic E-state index is 0.193. The van der Waals surface area contributed by atoms with E-state index in [1.807, 2.05) is 0 Å². The van der Waals surface area contributed by atoms with Gasteiger partial charge in [-0.05, 0) is 17.5 Å². The Morgan fingerprint density at radius 1 is 1.36 bits per heavy atom. The molecule has 0 amide bonds. The van der Waals surface area contributed by atoms with E-state index < -0.39 is 12.9 Å². The molecule has 0 aliphatic rings. The van der Waals surface area contributed by atoms with Crippen LogP contribution in [-0.2, 0) is 0 Å². The van der Waals surface area contributed by atoms with Gasteiger partial charge in [-0.25, -0.2) is 4.39 Å². The fourth-order valence-electron chi connectivity index (χ4n) is 1.29. The third-order valence-corrected chi connectivity index (χ3v) is 3.27. The van der Waals surface area contributed by atoms with E-state index in [-0.39, 0.29) is 15.7 Å². The number of rotatable bonds is 1. The molecule has 2 N–H and O–H groups in total. The molecule has 1 aromatic carbocycles. The van der Waals surface area contributed by atoms with Crippen LogP contribution in [0.1, 0.15) is 0 Å². The van der Waals surface area contributed by atoms with E-state index in [0.717, 1.165) is 0 Å². The topological polar surface area (TPSA) is 40.5 Å². The number of thiophene rings is 1. The normalized spacial score (nSPS) is 10.9. The Morgan fingerprint density at radius 3 is 2.71 bits per heavy atom. The van der Waals surface area contributed by atoms with Crippen molar-refractivity contribution in [3.05, 3.63) is 23.3 Å². The molecule has 0 fully saturated rings. The quantitative estimate of drug-likeness (QED) is 0.503. The van der Waals surface area contributed by atoms with Crippen molar-refractivity contribution in [1.29, 1.82) is 0 Å². The number of hydrogen-bond acceptors (Lipinski definition) is 4. The maximum Gasteiger partial charge on any atom is 0.490 e. The molecule has 2 aromatic rings. The van der Waals surface area contributed by atoms with Crippen molar-refractivity contribution < 1.29 is 14.4 Å². The molecular weight excluding hydrogens is 222 g/mol. The lowest BCUT2D eigenvalue weighted by Gasteiger charge is -2.00. The van der Waals surface area contributed by atoms with Crippen LogP contribution in [0, 0.1) is 5.82 Å². The van der Waals surface area contributed by atoms with Crippen molar-refractivity contribution >= 4 is 46.6 Å². The van der Waals surface area contributed by atoms with E-state index in [9.17, 15) is 4.39 Å². The lowest BCUT2D eigenvalue weighted by Crippen LogP contribution is -2.29. The van der Waals surface area contributed by atoms with Crippen LogP contribution in [-0.4, -0.2) is 17.2 Å². The van der Waals surface area contributed by atoms with Crippen LogP contribution in [0.5, 0.6) is 0 Å². The second-order valence-electron chi connectivity index (χ2n) is 2.84. The van der Waals surface area contributed by atoms with Crippen molar-refractivity contribution in [2.24, 2.45) is 0 Å². The summed E-state index contributed by atoms with van der Waals surface area (Å²) >= 11 is 5.20. The highest BCUT2D eigenvalue weighted by Crippen LogP contribution is 2.26. The number of halogens is 1. The summed E-state index contributed by atoms with van der Waals surface area (Å²) in [7, 11) is -1.65. The van der Waals surface area contributed by atoms with Crippen molar-refractivity contribution in [2.45, 2.75) is 4.90 Å². The zero-order valence-corrected chi connectivity index (χ0v) is 8.65. The van der Waals surface area contributed by atoms with Crippen LogP contribution < -0.4 is 5.46 Å². The monoisotopic (exact) mass is 228 g/mol. The molecule has 0 spiro atoms. The fraction of sp³-hybridized carbons (Fsp3) is 0. The second-order valence-corrected chi connectivity index (χ2v) is 4.23. The predicted octanol–water partition coefficient (Wildman–Crippen LogP) is 1.01. The summed E-state index contributed by atoms with van der Waals surface area (Å²) in [6.07, 6.45) is 0. The molecule has 0 saturated carbocycles. The lowest BCUT2D eigenvalue weighted by atomic mass is 9.80. The van der Waals surface area contributed by atoms with E-state index in [1.165, 1.54) is 16.7 Å². The third kappa shape index (κ3) is 1.44. The van der Waals surface area contributed by atoms with Gasteiger partial charge in [0.05, 0.1) is 0 Å². The van der Waals surface area contributed by atoms with Crippen molar-refractivity contribution in [3.63, 3.8) is 0 Å². The zero-order chi connectivity index (χ0) is 10.3. The first-order valence-electron chi connectivity index (χ1n) is 3.86. The Bertz CT molecular complexity index is 483. The third-order valence-electron chi connectivity index (χ3n) is 1.96. The Labute approximate surface area is 89.6 Å². The molecule has 14 heavy (non-hydrogen) atoms. The van der Waals surface area contributed by atoms with Crippen LogP contribution in [0.4, 0.5) is 4.39 Å². The molecule has 0 atom stereocenters. The lowest BCUT2D eigenvalue weighted by molar-refractivity contribution is 0.426. The van der Waals surface area contributed by atoms with E-state index in [4.69, 9.17) is 10.0 Å². The van der Waals surface area contributed by atoms with Gasteiger partial charge in [-0.3, -0.25) is 0 Å². The van der Waals surface area contributed by atoms with E-state index in [1.54, 1.807) is 12.1 Å². The van der Waals surface area contributed by atoms with Crippen LogP contribution in [0.15, 0.2) is 22.4 Å². The maximum absolute atomic E-state index is 13.6. The summed E-state index contributed by atoms with van der Waals surface area (Å²) in [5, 5.41) is 19.8. The summed E-state index contributed by atoms with van der Waals surface area (Å²) in [6, 6.07) is 3.25. The SMILES string of the molecule is OB(O)c1csc2ccc(S)c(F)c12. The molecule has 6 heteroatoms. The van der Waals surface area contributed by atoms with Crippen molar-refractivity contribution in [1.82, 2.24) is 0 Å². The first-order chi connectivity index (χ1) is 6.61. The number of hydrogen-bond donors (Lipinski definition) is 3. The van der Waals surface area contributed by atoms with Gasteiger partial charge in [-0.15, -0.1) is 24.0 Å². The Morgan fingerprint density at radius 2 is 2.07 bits per heavy atom. The van der Waals surface area contributed by atoms with Gasteiger partial charge in [0, 0.05) is 20.4 Å². The van der Waals surface area contributed by atoms with Crippen LogP contribution in [0.25, 0.3) is 10.1 Å². The highest BCUT2D eigenvalue weighted by molar-refractivity contribution is 7.80. The Kier molecular flexibility index (Phi) is 2.53. The van der Waals surface area contributed by atoms with Gasteiger partial charge >= 0.3 is 7.12 Å². The number of fused-ring (bicyclic) bond motifs is 1. The minimum atomic E-state index is -1.65. The molecule has 1 aromatic heterocycles. The summed E-state index contributed by atoms with van der Waals surface area (Å²) in [5.74, 6) is -0.504. The van der Waals surface area contributed by atoms with Gasteiger partial charge in [0.2, 0.25) is 0 Å². The first kappa shape index (κ1) is 9.98. The van der Waals surface area contributed by atoms with Gasteiger partial charge in [-0.1, -0.05) is 0 Å². The van der Waals surface area contributed by atoms with Gasteiger partial charge in [0.15, 0.2) is 0 Å². The van der Waals surface area contributed by atoms with E-state index in [2.05, 4.69) is 12.6 Å². The number of benzene rings is 1. The summed E-state index contributed by atoms with van der Waals surface area (Å²) < 4.78 is 14.2. The van der Waals surface area contributed by atoms with Crippen LogP contribution >= 0.6 is 24.0 Å². The molecule has 0 aliphatic heterocycles. The van der Waals surface area contributed by atoms with Gasteiger partial charge < -0.3 is 10.0 Å². The van der Waals surface area contributed by atoms with Gasteiger partial charge in [0.1, 0.15) is 5.82 Å². The number of thiol groups is 1. The second kappa shape index (κ2) is 3.54. The molecule has 2 rings (SSSR count). The average molecular weight is 228 g/mol. The van der Waals surface area contributed by atoms with Crippen LogP contribution in [0.2, 0.25) is 0 Å². The molecule has 0 saturated heterocycles. The highest BCUT2D eigenvalue weighted by Gasteiger charge is 2.20. The molecule has 0 bridgehead atoms. The molecule has 1 heterocycles. The summed E-state index contributed by atoms with van der Waals surface area (Å²) in [4.78, 5) is 0.206. The van der Waals surface area contributed by atoms with Crippen molar-refractivity contribution in [2.75, 3.05) is 0 Å². The zero-order valence-electron chi connectivity index (χ0n) is 6.94. The molecule has 0 unspecified atom stereocenters. The molecular formula is C8H6BFO2S2. The standard InChI is InChI=1S/C8H6BFO2S2/c10-8-5(13)1-2-6-7(8)4(3-14-6)9(11)12/h1-3,11-13H. The summed E-state index contributed by atoms with van der Waals surface area (Å²) in [6.45, 7) is 0. The van der Waals surface area contributed by atoms with Crippen LogP contribution in [0.3, 0.4) is 0 Å². The predicted molar refractivity (Wildman–Crippen MR) is 58.9 cm³/mol. The summed E-state index contributed by atoms with van der Waals surface area (Å²) in [5.41, 5.74) is 0.193. The van der Waals surface area contributed by atoms with Gasteiger partial charge in [0.25, 0.3) is 0 Å². The Hall–Kier alpha value is -0.555. The molecule has 2 nitrogen and oxygen atoms in total. The molecule has 0 aliphatic carbocycles. The molecule has 72 valence electrons. The molecule has 0 radical (unpaired) electrons. The smallest absolute Gasteiger partial charge is 0.423 e. The van der Waals surface area contributed by atoms with Crippen molar-refractivity contribution in [3.8, 4) is 0 Å². The van der Waals surface area contributed by atoms with E-state index in [0.29, 0.717) is 4.70 Å². The maximum atomic E-state index is 13.6. The minimum Gasteiger partial charge on any atom is -0.423 e. The Balaban J connectivity index is 2.82. The highest BCUT2D eigenvalue weighted by atomic mass is 32.1. The van der Waals surface area contributed by atoms with E-state index >= 15 is 0 Å². The first-order valence-corrected chi connectivity index (χ1v) is 5.18.